The fourth-order valence-electron chi connectivity index (χ4n) is 5.48. The summed E-state index contributed by atoms with van der Waals surface area (Å²) in [5.74, 6) is 4.58. The monoisotopic (exact) mass is 264 g/mol. The normalized spacial score (nSPS) is 39.0. The van der Waals surface area contributed by atoms with Crippen LogP contribution in [0.4, 0.5) is 0 Å². The van der Waals surface area contributed by atoms with Crippen LogP contribution >= 0.6 is 0 Å². The smallest absolute Gasteiger partial charge is 0.0749 e. The molecule has 3 aliphatic carbocycles. The van der Waals surface area contributed by atoms with Crippen molar-refractivity contribution in [3.8, 4) is 0 Å². The lowest BCUT2D eigenvalue weighted by Crippen LogP contribution is -2.18. The van der Waals surface area contributed by atoms with E-state index in [2.05, 4.69) is 29.2 Å². The third kappa shape index (κ3) is 1.35. The fraction of sp³-hybridized carbons (Fsp3) is 0.500. The van der Waals surface area contributed by atoms with E-state index in [1.54, 1.807) is 0 Å². The second-order valence-electron chi connectivity index (χ2n) is 7.01. The topological polar surface area (TPSA) is 38.9 Å². The molecule has 20 heavy (non-hydrogen) atoms. The average molecular weight is 264 g/mol. The molecule has 3 fully saturated rings. The van der Waals surface area contributed by atoms with Crippen LogP contribution in [0.15, 0.2) is 36.5 Å². The van der Waals surface area contributed by atoms with Crippen LogP contribution < -0.4 is 5.73 Å². The van der Waals surface area contributed by atoms with Gasteiger partial charge < -0.3 is 5.73 Å². The van der Waals surface area contributed by atoms with Crippen LogP contribution in [0.1, 0.15) is 30.9 Å². The first-order chi connectivity index (χ1) is 9.84. The minimum atomic E-state index is 0.187. The number of benzene rings is 1. The van der Waals surface area contributed by atoms with Crippen molar-refractivity contribution < 1.29 is 0 Å². The molecule has 3 aliphatic rings. The van der Waals surface area contributed by atoms with Gasteiger partial charge in [0.2, 0.25) is 0 Å². The van der Waals surface area contributed by atoms with Gasteiger partial charge in [-0.3, -0.25) is 4.98 Å². The van der Waals surface area contributed by atoms with Crippen LogP contribution in [0, 0.1) is 29.6 Å². The molecule has 5 unspecified atom stereocenters. The molecule has 1 aromatic carbocycles. The van der Waals surface area contributed by atoms with Crippen molar-refractivity contribution in [1.82, 2.24) is 4.98 Å². The van der Waals surface area contributed by atoms with Crippen molar-refractivity contribution in [2.45, 2.75) is 25.3 Å². The highest BCUT2D eigenvalue weighted by Gasteiger charge is 2.66. The van der Waals surface area contributed by atoms with Gasteiger partial charge in [-0.05, 0) is 60.5 Å². The Morgan fingerprint density at radius 1 is 1.05 bits per heavy atom. The molecular formula is C18H20N2. The van der Waals surface area contributed by atoms with E-state index >= 15 is 0 Å². The Morgan fingerprint density at radius 3 is 2.60 bits per heavy atom. The van der Waals surface area contributed by atoms with Crippen LogP contribution in [0.5, 0.6) is 0 Å². The lowest BCUT2D eigenvalue weighted by atomic mass is 9.92. The summed E-state index contributed by atoms with van der Waals surface area (Å²) in [5, 5.41) is 1.22. The third-order valence-corrected chi connectivity index (χ3v) is 6.23. The lowest BCUT2D eigenvalue weighted by Gasteiger charge is -2.17. The molecule has 0 spiro atoms. The number of nitrogens with two attached hydrogens (primary N) is 1. The number of pyridine rings is 1. The van der Waals surface area contributed by atoms with E-state index in [1.807, 2.05) is 12.3 Å². The summed E-state index contributed by atoms with van der Waals surface area (Å²) in [7, 11) is 0. The molecule has 3 saturated carbocycles. The van der Waals surface area contributed by atoms with Gasteiger partial charge >= 0.3 is 0 Å². The number of hydrogen-bond acceptors (Lipinski definition) is 2. The molecule has 1 aromatic heterocycles. The van der Waals surface area contributed by atoms with E-state index in [0.717, 1.165) is 35.1 Å². The predicted octanol–water partition coefficient (Wildman–Crippen LogP) is 3.53. The zero-order chi connectivity index (χ0) is 13.3. The van der Waals surface area contributed by atoms with Crippen LogP contribution in [0.2, 0.25) is 0 Å². The van der Waals surface area contributed by atoms with E-state index in [-0.39, 0.29) is 6.04 Å². The van der Waals surface area contributed by atoms with Crippen molar-refractivity contribution in [1.29, 1.82) is 0 Å². The van der Waals surface area contributed by atoms with Gasteiger partial charge in [0.15, 0.2) is 0 Å². The number of rotatable bonds is 2. The van der Waals surface area contributed by atoms with Gasteiger partial charge in [0.05, 0.1) is 5.52 Å². The van der Waals surface area contributed by atoms with Crippen LogP contribution in [0.3, 0.4) is 0 Å². The van der Waals surface area contributed by atoms with Gasteiger partial charge in [-0.1, -0.05) is 24.3 Å². The molecule has 2 N–H and O–H groups in total. The number of hydrogen-bond donors (Lipinski definition) is 1. The summed E-state index contributed by atoms with van der Waals surface area (Å²) in [4.78, 5) is 4.58. The maximum Gasteiger partial charge on any atom is 0.0749 e. The van der Waals surface area contributed by atoms with Crippen LogP contribution in [-0.4, -0.2) is 4.98 Å². The van der Waals surface area contributed by atoms with E-state index in [9.17, 15) is 0 Å². The van der Waals surface area contributed by atoms with Crippen LogP contribution in [0.25, 0.3) is 10.9 Å². The number of nitrogens with zero attached hydrogens (tertiary/aromatic N) is 1. The summed E-state index contributed by atoms with van der Waals surface area (Å²) < 4.78 is 0. The molecule has 102 valence electrons. The minimum Gasteiger partial charge on any atom is -0.324 e. The van der Waals surface area contributed by atoms with Gasteiger partial charge in [0.25, 0.3) is 0 Å². The molecular weight excluding hydrogens is 244 g/mol. The van der Waals surface area contributed by atoms with Crippen molar-refractivity contribution in [2.75, 3.05) is 0 Å². The molecule has 0 aliphatic heterocycles. The fourth-order valence-corrected chi connectivity index (χ4v) is 5.48. The molecule has 0 saturated heterocycles. The standard InChI is InChI=1S/C18H20N2/c19-17(16-14-11-6-7-12(9-11)15(14)16)13-5-1-3-10-4-2-8-20-18(10)13/h1-5,8,11-12,14-17H,6-7,9,19H2. The van der Waals surface area contributed by atoms with E-state index in [4.69, 9.17) is 5.73 Å². The van der Waals surface area contributed by atoms with Gasteiger partial charge in [-0.15, -0.1) is 0 Å². The highest BCUT2D eigenvalue weighted by atomic mass is 14.8. The van der Waals surface area contributed by atoms with Crippen molar-refractivity contribution in [3.05, 3.63) is 42.1 Å². The Bertz CT molecular complexity index is 659. The molecule has 2 aromatic rings. The van der Waals surface area contributed by atoms with Crippen molar-refractivity contribution >= 4 is 10.9 Å². The SMILES string of the molecule is NC(c1cccc2cccnc12)C1C2C3CCC(C3)C21. The van der Waals surface area contributed by atoms with Gasteiger partial charge in [-0.25, -0.2) is 0 Å². The number of fused-ring (bicyclic) bond motifs is 6. The molecule has 2 nitrogen and oxygen atoms in total. The molecule has 0 amide bonds. The Labute approximate surface area is 119 Å². The first-order valence-electron chi connectivity index (χ1n) is 7.94. The van der Waals surface area contributed by atoms with Gasteiger partial charge in [0, 0.05) is 17.6 Å². The molecule has 1 heterocycles. The summed E-state index contributed by atoms with van der Waals surface area (Å²) in [5.41, 5.74) is 9.05. The Kier molecular flexibility index (Phi) is 2.15. The number of para-hydroxylation sites is 1. The third-order valence-electron chi connectivity index (χ3n) is 6.23. The van der Waals surface area contributed by atoms with Gasteiger partial charge in [0.1, 0.15) is 0 Å². The zero-order valence-electron chi connectivity index (χ0n) is 11.6. The molecule has 2 heteroatoms. The number of aromatic nitrogens is 1. The highest BCUT2D eigenvalue weighted by molar-refractivity contribution is 5.82. The highest BCUT2D eigenvalue weighted by Crippen LogP contribution is 2.71. The maximum absolute atomic E-state index is 6.67. The molecule has 2 bridgehead atoms. The lowest BCUT2D eigenvalue weighted by molar-refractivity contribution is 0.418. The van der Waals surface area contributed by atoms with E-state index in [0.29, 0.717) is 0 Å². The van der Waals surface area contributed by atoms with Crippen molar-refractivity contribution in [3.63, 3.8) is 0 Å². The average Bonchev–Trinajstić information content (AvgIpc) is 2.93. The largest absolute Gasteiger partial charge is 0.324 e. The second kappa shape index (κ2) is 3.82. The zero-order valence-corrected chi connectivity index (χ0v) is 11.6. The first-order valence-corrected chi connectivity index (χ1v) is 7.94. The summed E-state index contributed by atoms with van der Waals surface area (Å²) in [6.07, 6.45) is 6.30. The molecule has 0 radical (unpaired) electrons. The quantitative estimate of drug-likeness (QED) is 0.901. The van der Waals surface area contributed by atoms with E-state index in [1.165, 1.54) is 30.2 Å². The predicted molar refractivity (Wildman–Crippen MR) is 80.0 cm³/mol. The maximum atomic E-state index is 6.67. The Morgan fingerprint density at radius 2 is 1.80 bits per heavy atom. The summed E-state index contributed by atoms with van der Waals surface area (Å²) in [6.45, 7) is 0. The Hall–Kier alpha value is -1.41. The van der Waals surface area contributed by atoms with Crippen molar-refractivity contribution in [2.24, 2.45) is 35.3 Å². The molecule has 5 atom stereocenters. The van der Waals surface area contributed by atoms with Crippen LogP contribution in [-0.2, 0) is 0 Å². The summed E-state index contributed by atoms with van der Waals surface area (Å²) >= 11 is 0. The first kappa shape index (κ1) is 11.3. The second-order valence-corrected chi connectivity index (χ2v) is 7.01. The Balaban J connectivity index is 1.53. The van der Waals surface area contributed by atoms with E-state index < -0.39 is 0 Å². The minimum absolute atomic E-state index is 0.187. The molecule has 5 rings (SSSR count). The van der Waals surface area contributed by atoms with Gasteiger partial charge in [-0.2, -0.15) is 0 Å². The summed E-state index contributed by atoms with van der Waals surface area (Å²) in [6, 6.07) is 10.8.